The topological polar surface area (TPSA) is 38.3 Å². The zero-order valence-corrected chi connectivity index (χ0v) is 11.1. The number of benzene rings is 1. The fraction of sp³-hybridized carbons (Fsp3) is 0.462. The van der Waals surface area contributed by atoms with E-state index in [1.807, 2.05) is 38.1 Å². The lowest BCUT2D eigenvalue weighted by Crippen LogP contribution is -2.37. The van der Waals surface area contributed by atoms with E-state index in [2.05, 4.69) is 5.32 Å². The highest BCUT2D eigenvalue weighted by Gasteiger charge is 2.11. The van der Waals surface area contributed by atoms with Gasteiger partial charge in [0.2, 0.25) is 5.91 Å². The van der Waals surface area contributed by atoms with Crippen molar-refractivity contribution in [2.24, 2.45) is 0 Å². The van der Waals surface area contributed by atoms with E-state index in [9.17, 15) is 4.79 Å². The molecule has 0 heterocycles. The minimum absolute atomic E-state index is 0.0875. The van der Waals surface area contributed by atoms with Crippen molar-refractivity contribution in [2.75, 3.05) is 6.54 Å². The van der Waals surface area contributed by atoms with Gasteiger partial charge in [0.15, 0.2) is 0 Å². The number of aryl methyl sites for hydroxylation is 1. The smallest absolute Gasteiger partial charge is 0.237 e. The number of carbonyl (C=O) groups is 1. The highest BCUT2D eigenvalue weighted by molar-refractivity contribution is 6.30. The Labute approximate surface area is 107 Å². The van der Waals surface area contributed by atoms with Gasteiger partial charge in [0.25, 0.3) is 0 Å². The molecule has 1 aromatic carbocycles. The highest BCUT2D eigenvalue weighted by atomic mass is 35.5. The molecule has 0 aliphatic heterocycles. The van der Waals surface area contributed by atoms with Crippen molar-refractivity contribution in [1.29, 1.82) is 0 Å². The van der Waals surface area contributed by atoms with E-state index >= 15 is 0 Å². The van der Waals surface area contributed by atoms with Gasteiger partial charge in [0.1, 0.15) is 17.2 Å². The molecule has 0 radical (unpaired) electrons. The molecular formula is C13H18ClNO2. The van der Waals surface area contributed by atoms with E-state index < -0.39 is 5.38 Å². The van der Waals surface area contributed by atoms with Crippen molar-refractivity contribution < 1.29 is 9.53 Å². The van der Waals surface area contributed by atoms with Crippen LogP contribution in [-0.2, 0) is 4.79 Å². The molecule has 2 unspecified atom stereocenters. The van der Waals surface area contributed by atoms with Crippen LogP contribution in [0, 0.1) is 6.92 Å². The maximum atomic E-state index is 11.3. The first-order valence-corrected chi connectivity index (χ1v) is 6.08. The van der Waals surface area contributed by atoms with E-state index in [4.69, 9.17) is 16.3 Å². The molecule has 0 aliphatic rings. The van der Waals surface area contributed by atoms with Crippen LogP contribution in [0.15, 0.2) is 24.3 Å². The highest BCUT2D eigenvalue weighted by Crippen LogP contribution is 2.17. The molecule has 0 aromatic heterocycles. The zero-order valence-electron chi connectivity index (χ0n) is 10.4. The van der Waals surface area contributed by atoms with Crippen LogP contribution in [0.1, 0.15) is 19.4 Å². The molecule has 1 N–H and O–H groups in total. The standard InChI is InChI=1S/C13H18ClNO2/c1-9-6-4-5-7-12(9)17-10(2)8-15-13(16)11(3)14/h4-7,10-11H,8H2,1-3H3,(H,15,16). The fourth-order valence-electron chi connectivity index (χ4n) is 1.33. The minimum atomic E-state index is -0.513. The molecule has 1 rings (SSSR count). The van der Waals surface area contributed by atoms with Crippen molar-refractivity contribution in [3.63, 3.8) is 0 Å². The third-order valence-corrected chi connectivity index (χ3v) is 2.54. The summed E-state index contributed by atoms with van der Waals surface area (Å²) in [5.74, 6) is 0.667. The summed E-state index contributed by atoms with van der Waals surface area (Å²) in [7, 11) is 0. The van der Waals surface area contributed by atoms with Gasteiger partial charge in [-0.25, -0.2) is 0 Å². The number of hydrogen-bond acceptors (Lipinski definition) is 2. The molecule has 0 spiro atoms. The fourth-order valence-corrected chi connectivity index (χ4v) is 1.41. The summed E-state index contributed by atoms with van der Waals surface area (Å²) in [5.41, 5.74) is 1.08. The first kappa shape index (κ1) is 13.8. The van der Waals surface area contributed by atoms with Crippen LogP contribution in [0.5, 0.6) is 5.75 Å². The van der Waals surface area contributed by atoms with Crippen molar-refractivity contribution in [1.82, 2.24) is 5.32 Å². The number of para-hydroxylation sites is 1. The number of nitrogens with one attached hydrogen (secondary N) is 1. The van der Waals surface area contributed by atoms with E-state index in [0.29, 0.717) is 6.54 Å². The number of hydrogen-bond donors (Lipinski definition) is 1. The average Bonchev–Trinajstić information content (AvgIpc) is 2.29. The third-order valence-electron chi connectivity index (χ3n) is 2.35. The van der Waals surface area contributed by atoms with Gasteiger partial charge in [0, 0.05) is 0 Å². The molecule has 17 heavy (non-hydrogen) atoms. The Morgan fingerprint density at radius 3 is 2.65 bits per heavy atom. The predicted octanol–water partition coefficient (Wildman–Crippen LogP) is 2.51. The normalized spacial score (nSPS) is 13.9. The van der Waals surface area contributed by atoms with Gasteiger partial charge in [-0.3, -0.25) is 4.79 Å². The Hall–Kier alpha value is -1.22. The summed E-state index contributed by atoms with van der Waals surface area (Å²) in [6.45, 7) is 5.99. The summed E-state index contributed by atoms with van der Waals surface area (Å²) in [5, 5.41) is 2.21. The van der Waals surface area contributed by atoms with Crippen molar-refractivity contribution in [2.45, 2.75) is 32.3 Å². The molecule has 94 valence electrons. The molecule has 0 fully saturated rings. The molecule has 3 nitrogen and oxygen atoms in total. The third kappa shape index (κ3) is 4.65. The van der Waals surface area contributed by atoms with Gasteiger partial charge >= 0.3 is 0 Å². The van der Waals surface area contributed by atoms with Gasteiger partial charge in [-0.05, 0) is 32.4 Å². The minimum Gasteiger partial charge on any atom is -0.489 e. The lowest BCUT2D eigenvalue weighted by molar-refractivity contribution is -0.120. The summed E-state index contributed by atoms with van der Waals surface area (Å²) in [6, 6.07) is 7.79. The van der Waals surface area contributed by atoms with Gasteiger partial charge in [-0.15, -0.1) is 11.6 Å². The van der Waals surface area contributed by atoms with E-state index in [1.165, 1.54) is 0 Å². The molecule has 1 amide bonds. The van der Waals surface area contributed by atoms with E-state index in [1.54, 1.807) is 6.92 Å². The maximum Gasteiger partial charge on any atom is 0.237 e. The Balaban J connectivity index is 2.43. The zero-order chi connectivity index (χ0) is 12.8. The number of ether oxygens (including phenoxy) is 1. The number of alkyl halides is 1. The van der Waals surface area contributed by atoms with Crippen molar-refractivity contribution >= 4 is 17.5 Å². The van der Waals surface area contributed by atoms with Crippen molar-refractivity contribution in [3.05, 3.63) is 29.8 Å². The van der Waals surface area contributed by atoms with E-state index in [-0.39, 0.29) is 12.0 Å². The molecule has 4 heteroatoms. The van der Waals surface area contributed by atoms with Crippen molar-refractivity contribution in [3.8, 4) is 5.75 Å². The Morgan fingerprint density at radius 1 is 1.41 bits per heavy atom. The first-order valence-electron chi connectivity index (χ1n) is 5.64. The van der Waals surface area contributed by atoms with Gasteiger partial charge in [-0.1, -0.05) is 18.2 Å². The number of carbonyl (C=O) groups excluding carboxylic acids is 1. The van der Waals surface area contributed by atoms with Gasteiger partial charge in [0.05, 0.1) is 6.54 Å². The lowest BCUT2D eigenvalue weighted by atomic mass is 10.2. The molecule has 2 atom stereocenters. The first-order chi connectivity index (χ1) is 8.00. The molecule has 0 bridgehead atoms. The average molecular weight is 256 g/mol. The Bertz CT molecular complexity index is 379. The summed E-state index contributed by atoms with van der Waals surface area (Å²) >= 11 is 5.64. The van der Waals surface area contributed by atoms with Crippen LogP contribution >= 0.6 is 11.6 Å². The maximum absolute atomic E-state index is 11.3. The predicted molar refractivity (Wildman–Crippen MR) is 69.6 cm³/mol. The van der Waals surface area contributed by atoms with Gasteiger partial charge in [-0.2, -0.15) is 0 Å². The lowest BCUT2D eigenvalue weighted by Gasteiger charge is -2.17. The monoisotopic (exact) mass is 255 g/mol. The molecule has 0 aliphatic carbocycles. The second kappa shape index (κ2) is 6.50. The van der Waals surface area contributed by atoms with Crippen LogP contribution in [0.25, 0.3) is 0 Å². The molecule has 1 aromatic rings. The number of amides is 1. The van der Waals surface area contributed by atoms with Crippen LogP contribution < -0.4 is 10.1 Å². The summed E-state index contributed by atoms with van der Waals surface area (Å²) in [6.07, 6.45) is -0.0875. The van der Waals surface area contributed by atoms with Crippen LogP contribution in [-0.4, -0.2) is 23.9 Å². The second-order valence-electron chi connectivity index (χ2n) is 4.06. The Kier molecular flexibility index (Phi) is 5.29. The largest absolute Gasteiger partial charge is 0.489 e. The summed E-state index contributed by atoms with van der Waals surface area (Å²) in [4.78, 5) is 11.3. The SMILES string of the molecule is Cc1ccccc1OC(C)CNC(=O)C(C)Cl. The molecule has 0 saturated carbocycles. The van der Waals surface area contributed by atoms with Crippen LogP contribution in [0.4, 0.5) is 0 Å². The molecule has 0 saturated heterocycles. The van der Waals surface area contributed by atoms with Crippen LogP contribution in [0.2, 0.25) is 0 Å². The summed E-state index contributed by atoms with van der Waals surface area (Å²) < 4.78 is 5.72. The van der Waals surface area contributed by atoms with Gasteiger partial charge < -0.3 is 10.1 Å². The quantitative estimate of drug-likeness (QED) is 0.821. The van der Waals surface area contributed by atoms with Crippen LogP contribution in [0.3, 0.4) is 0 Å². The molecular weight excluding hydrogens is 238 g/mol. The Morgan fingerprint density at radius 2 is 2.06 bits per heavy atom. The number of halogens is 1. The second-order valence-corrected chi connectivity index (χ2v) is 4.71. The van der Waals surface area contributed by atoms with E-state index in [0.717, 1.165) is 11.3 Å². The number of rotatable bonds is 5.